The van der Waals surface area contributed by atoms with Crippen LogP contribution in [-0.4, -0.2) is 18.8 Å². The molecule has 2 bridgehead atoms. The van der Waals surface area contributed by atoms with E-state index in [1.807, 2.05) is 11.3 Å². The Bertz CT molecular complexity index is 389. The van der Waals surface area contributed by atoms with Gasteiger partial charge in [-0.2, -0.15) is 0 Å². The molecule has 1 aromatic rings. The first-order valence-corrected chi connectivity index (χ1v) is 7.54. The minimum Gasteiger partial charge on any atom is -0.375 e. The summed E-state index contributed by atoms with van der Waals surface area (Å²) in [5.41, 5.74) is 0. The number of aryl methyl sites for hydroxylation is 1. The third-order valence-corrected chi connectivity index (χ3v) is 5.16. The van der Waals surface area contributed by atoms with Gasteiger partial charge in [0.15, 0.2) is 0 Å². The van der Waals surface area contributed by atoms with Crippen LogP contribution in [0, 0.1) is 12.8 Å². The molecule has 0 aliphatic carbocycles. The van der Waals surface area contributed by atoms with Gasteiger partial charge in [0.1, 0.15) is 0 Å². The van der Waals surface area contributed by atoms with Crippen LogP contribution in [0.15, 0.2) is 12.1 Å². The van der Waals surface area contributed by atoms with Gasteiger partial charge < -0.3 is 10.1 Å². The molecule has 1 aromatic heterocycles. The Morgan fingerprint density at radius 1 is 1.47 bits per heavy atom. The molecule has 0 radical (unpaired) electrons. The second kappa shape index (κ2) is 4.71. The van der Waals surface area contributed by atoms with Crippen molar-refractivity contribution in [2.24, 2.45) is 5.92 Å². The standard InChI is InChI=1S/C14H21NOS/c1-3-15-14(13-7-4-9(2)17-13)11-8-10-5-6-12(11)16-10/h4,7,10-12,14-15H,3,5-6,8H2,1-2H3. The number of hydrogen-bond acceptors (Lipinski definition) is 3. The molecular weight excluding hydrogens is 230 g/mol. The molecule has 2 aliphatic heterocycles. The highest BCUT2D eigenvalue weighted by Gasteiger charge is 2.44. The first kappa shape index (κ1) is 11.7. The van der Waals surface area contributed by atoms with Crippen molar-refractivity contribution in [3.63, 3.8) is 0 Å². The van der Waals surface area contributed by atoms with Crippen molar-refractivity contribution in [3.05, 3.63) is 21.9 Å². The zero-order chi connectivity index (χ0) is 11.8. The van der Waals surface area contributed by atoms with E-state index in [1.54, 1.807) is 0 Å². The van der Waals surface area contributed by atoms with Gasteiger partial charge in [0.2, 0.25) is 0 Å². The van der Waals surface area contributed by atoms with Crippen LogP contribution in [0.5, 0.6) is 0 Å². The molecule has 3 heteroatoms. The first-order valence-electron chi connectivity index (χ1n) is 6.73. The minimum absolute atomic E-state index is 0.506. The van der Waals surface area contributed by atoms with Gasteiger partial charge in [-0.25, -0.2) is 0 Å². The van der Waals surface area contributed by atoms with Gasteiger partial charge in [0.25, 0.3) is 0 Å². The lowest BCUT2D eigenvalue weighted by Gasteiger charge is -2.28. The third-order valence-electron chi connectivity index (χ3n) is 4.07. The normalized spacial score (nSPS) is 33.2. The van der Waals surface area contributed by atoms with E-state index in [0.29, 0.717) is 24.2 Å². The van der Waals surface area contributed by atoms with Gasteiger partial charge >= 0.3 is 0 Å². The number of rotatable bonds is 4. The summed E-state index contributed by atoms with van der Waals surface area (Å²) in [7, 11) is 0. The molecule has 4 unspecified atom stereocenters. The Morgan fingerprint density at radius 2 is 2.35 bits per heavy atom. The van der Waals surface area contributed by atoms with Gasteiger partial charge in [-0.1, -0.05) is 6.92 Å². The molecule has 3 heterocycles. The zero-order valence-corrected chi connectivity index (χ0v) is 11.4. The van der Waals surface area contributed by atoms with Crippen LogP contribution in [0.4, 0.5) is 0 Å². The highest BCUT2D eigenvalue weighted by molar-refractivity contribution is 7.12. The average Bonchev–Trinajstić information content (AvgIpc) is 3.01. The van der Waals surface area contributed by atoms with Crippen LogP contribution in [0.25, 0.3) is 0 Å². The summed E-state index contributed by atoms with van der Waals surface area (Å²) in [5.74, 6) is 0.687. The lowest BCUT2D eigenvalue weighted by molar-refractivity contribution is 0.0861. The maximum Gasteiger partial charge on any atom is 0.0627 e. The van der Waals surface area contributed by atoms with Gasteiger partial charge in [-0.15, -0.1) is 11.3 Å². The van der Waals surface area contributed by atoms with Crippen molar-refractivity contribution in [2.75, 3.05) is 6.54 Å². The summed E-state index contributed by atoms with van der Waals surface area (Å²) in [4.78, 5) is 2.90. The summed E-state index contributed by atoms with van der Waals surface area (Å²) in [6.45, 7) is 5.42. The van der Waals surface area contributed by atoms with E-state index in [9.17, 15) is 0 Å². The largest absolute Gasteiger partial charge is 0.375 e. The summed E-state index contributed by atoms with van der Waals surface area (Å²) in [6, 6.07) is 5.03. The Balaban J connectivity index is 1.80. The predicted octanol–water partition coefficient (Wildman–Crippen LogP) is 3.27. The molecule has 2 fully saturated rings. The Kier molecular flexibility index (Phi) is 3.24. The quantitative estimate of drug-likeness (QED) is 0.886. The van der Waals surface area contributed by atoms with Crippen LogP contribution in [0.2, 0.25) is 0 Å². The lowest BCUT2D eigenvalue weighted by Crippen LogP contribution is -2.33. The van der Waals surface area contributed by atoms with Gasteiger partial charge in [0.05, 0.1) is 12.2 Å². The van der Waals surface area contributed by atoms with Gasteiger partial charge in [-0.05, 0) is 44.9 Å². The maximum absolute atomic E-state index is 6.01. The van der Waals surface area contributed by atoms with E-state index in [0.717, 1.165) is 6.54 Å². The van der Waals surface area contributed by atoms with Gasteiger partial charge in [0, 0.05) is 21.7 Å². The fraction of sp³-hybridized carbons (Fsp3) is 0.714. The van der Waals surface area contributed by atoms with Gasteiger partial charge in [-0.3, -0.25) is 0 Å². The lowest BCUT2D eigenvalue weighted by atomic mass is 9.83. The number of nitrogens with one attached hydrogen (secondary N) is 1. The smallest absolute Gasteiger partial charge is 0.0627 e. The van der Waals surface area contributed by atoms with Crippen molar-refractivity contribution in [1.29, 1.82) is 0 Å². The molecule has 17 heavy (non-hydrogen) atoms. The Labute approximate surface area is 107 Å². The molecule has 0 saturated carbocycles. The second-order valence-electron chi connectivity index (χ2n) is 5.26. The molecule has 3 rings (SSSR count). The van der Waals surface area contributed by atoms with Crippen molar-refractivity contribution >= 4 is 11.3 Å². The van der Waals surface area contributed by atoms with E-state index in [-0.39, 0.29) is 0 Å². The van der Waals surface area contributed by atoms with Crippen LogP contribution in [-0.2, 0) is 4.74 Å². The average molecular weight is 251 g/mol. The zero-order valence-electron chi connectivity index (χ0n) is 10.6. The Hall–Kier alpha value is -0.380. The molecule has 2 nitrogen and oxygen atoms in total. The van der Waals surface area contributed by atoms with E-state index < -0.39 is 0 Å². The molecule has 2 saturated heterocycles. The molecule has 1 N–H and O–H groups in total. The third kappa shape index (κ3) is 2.16. The van der Waals surface area contributed by atoms with Crippen LogP contribution < -0.4 is 5.32 Å². The van der Waals surface area contributed by atoms with Crippen molar-refractivity contribution in [1.82, 2.24) is 5.32 Å². The number of hydrogen-bond donors (Lipinski definition) is 1. The highest BCUT2D eigenvalue weighted by atomic mass is 32.1. The van der Waals surface area contributed by atoms with E-state index in [4.69, 9.17) is 4.74 Å². The molecular formula is C14H21NOS. The second-order valence-corrected chi connectivity index (χ2v) is 6.58. The first-order chi connectivity index (χ1) is 8.28. The SMILES string of the molecule is CCNC(c1ccc(C)s1)C1CC2CCC1O2. The van der Waals surface area contributed by atoms with Crippen LogP contribution in [0.1, 0.15) is 42.0 Å². The number of ether oxygens (including phenoxy) is 1. The summed E-state index contributed by atoms with van der Waals surface area (Å²) >= 11 is 1.93. The van der Waals surface area contributed by atoms with Crippen molar-refractivity contribution < 1.29 is 4.74 Å². The maximum atomic E-state index is 6.01. The molecule has 0 aromatic carbocycles. The van der Waals surface area contributed by atoms with Crippen molar-refractivity contribution in [3.8, 4) is 0 Å². The highest BCUT2D eigenvalue weighted by Crippen LogP contribution is 2.45. The van der Waals surface area contributed by atoms with E-state index in [1.165, 1.54) is 29.0 Å². The molecule has 0 spiro atoms. The predicted molar refractivity (Wildman–Crippen MR) is 71.5 cm³/mol. The summed E-state index contributed by atoms with van der Waals surface area (Å²) in [5, 5.41) is 3.67. The number of thiophene rings is 1. The molecule has 94 valence electrons. The summed E-state index contributed by atoms with van der Waals surface area (Å²) in [6.07, 6.45) is 4.85. The minimum atomic E-state index is 0.506. The monoisotopic (exact) mass is 251 g/mol. The van der Waals surface area contributed by atoms with Crippen LogP contribution >= 0.6 is 11.3 Å². The fourth-order valence-corrected chi connectivity index (χ4v) is 4.36. The molecule has 2 aliphatic rings. The molecule has 0 amide bonds. The molecule has 4 atom stereocenters. The topological polar surface area (TPSA) is 21.3 Å². The summed E-state index contributed by atoms with van der Waals surface area (Å²) < 4.78 is 6.01. The van der Waals surface area contributed by atoms with E-state index >= 15 is 0 Å². The fourth-order valence-electron chi connectivity index (χ4n) is 3.33. The van der Waals surface area contributed by atoms with Crippen LogP contribution in [0.3, 0.4) is 0 Å². The number of fused-ring (bicyclic) bond motifs is 2. The Morgan fingerprint density at radius 3 is 2.88 bits per heavy atom. The van der Waals surface area contributed by atoms with Crippen molar-refractivity contribution in [2.45, 2.75) is 51.4 Å². The van der Waals surface area contributed by atoms with E-state index in [2.05, 4.69) is 31.3 Å².